The molecule has 3 rings (SSSR count). The van der Waals surface area contributed by atoms with Gasteiger partial charge in [0.05, 0.1) is 11.6 Å². The van der Waals surface area contributed by atoms with Gasteiger partial charge in [-0.2, -0.15) is 5.26 Å². The molecule has 0 amide bonds. The second-order valence-corrected chi connectivity index (χ2v) is 6.67. The predicted octanol–water partition coefficient (Wildman–Crippen LogP) is 4.93. The van der Waals surface area contributed by atoms with Crippen LogP contribution in [0.4, 0.5) is 22.0 Å². The minimum atomic E-state index is -2.16. The highest BCUT2D eigenvalue weighted by atomic mass is 32.2. The van der Waals surface area contributed by atoms with Crippen LogP contribution in [0, 0.1) is 40.4 Å². The molecular formula is C17H11F5N2S. The largest absolute Gasteiger partial charge is 0.239 e. The first kappa shape index (κ1) is 17.7. The van der Waals surface area contributed by atoms with E-state index in [9.17, 15) is 22.0 Å². The Morgan fingerprint density at radius 1 is 0.920 bits per heavy atom. The second kappa shape index (κ2) is 7.02. The summed E-state index contributed by atoms with van der Waals surface area (Å²) in [4.78, 5) is -0.906. The maximum atomic E-state index is 13.9. The first-order chi connectivity index (χ1) is 11.9. The van der Waals surface area contributed by atoms with E-state index in [-0.39, 0.29) is 12.6 Å². The summed E-state index contributed by atoms with van der Waals surface area (Å²) < 4.78 is 69.2. The van der Waals surface area contributed by atoms with Crippen LogP contribution in [0.15, 0.2) is 29.2 Å². The molecule has 0 atom stereocenters. The molecule has 1 fully saturated rings. The summed E-state index contributed by atoms with van der Waals surface area (Å²) in [6, 6.07) is 8.55. The summed E-state index contributed by atoms with van der Waals surface area (Å²) in [7, 11) is 0. The lowest BCUT2D eigenvalue weighted by atomic mass is 10.1. The van der Waals surface area contributed by atoms with Crippen molar-refractivity contribution in [3.8, 4) is 6.07 Å². The number of nitrogens with zero attached hydrogens (tertiary/aromatic N) is 2. The molecule has 0 aliphatic heterocycles. The third-order valence-corrected chi connectivity index (χ3v) is 4.96. The molecule has 8 heteroatoms. The molecule has 0 saturated heterocycles. The van der Waals surface area contributed by atoms with Gasteiger partial charge in [-0.25, -0.2) is 26.3 Å². The fraction of sp³-hybridized carbons (Fsp3) is 0.235. The van der Waals surface area contributed by atoms with Gasteiger partial charge in [-0.15, -0.1) is 0 Å². The van der Waals surface area contributed by atoms with Crippen LogP contribution >= 0.6 is 11.9 Å². The first-order valence-corrected chi connectivity index (χ1v) is 8.14. The van der Waals surface area contributed by atoms with E-state index >= 15 is 0 Å². The van der Waals surface area contributed by atoms with Crippen LogP contribution in [-0.2, 0) is 6.54 Å². The highest BCUT2D eigenvalue weighted by Crippen LogP contribution is 2.40. The average molecular weight is 370 g/mol. The van der Waals surface area contributed by atoms with Crippen molar-refractivity contribution < 1.29 is 22.0 Å². The predicted molar refractivity (Wildman–Crippen MR) is 81.8 cm³/mol. The number of halogens is 5. The molecule has 1 aliphatic carbocycles. The van der Waals surface area contributed by atoms with Gasteiger partial charge in [-0.1, -0.05) is 12.1 Å². The van der Waals surface area contributed by atoms with Crippen molar-refractivity contribution in [2.45, 2.75) is 30.3 Å². The molecule has 0 radical (unpaired) electrons. The zero-order chi connectivity index (χ0) is 18.1. The molecule has 25 heavy (non-hydrogen) atoms. The van der Waals surface area contributed by atoms with E-state index in [1.165, 1.54) is 0 Å². The molecule has 130 valence electrons. The van der Waals surface area contributed by atoms with E-state index in [2.05, 4.69) is 0 Å². The van der Waals surface area contributed by atoms with E-state index < -0.39 is 34.0 Å². The van der Waals surface area contributed by atoms with E-state index in [0.29, 0.717) is 17.5 Å². The van der Waals surface area contributed by atoms with Gasteiger partial charge in [0.1, 0.15) is 4.90 Å². The van der Waals surface area contributed by atoms with Gasteiger partial charge in [-0.3, -0.25) is 0 Å². The normalized spacial score (nSPS) is 14.0. The van der Waals surface area contributed by atoms with Crippen LogP contribution in [0.5, 0.6) is 0 Å². The van der Waals surface area contributed by atoms with Crippen LogP contribution < -0.4 is 0 Å². The molecular weight excluding hydrogens is 359 g/mol. The smallest absolute Gasteiger partial charge is 0.200 e. The van der Waals surface area contributed by atoms with Gasteiger partial charge in [0.15, 0.2) is 23.3 Å². The van der Waals surface area contributed by atoms with Crippen LogP contribution in [0.3, 0.4) is 0 Å². The van der Waals surface area contributed by atoms with Crippen LogP contribution in [0.25, 0.3) is 0 Å². The highest BCUT2D eigenvalue weighted by molar-refractivity contribution is 7.97. The molecule has 2 nitrogen and oxygen atoms in total. The van der Waals surface area contributed by atoms with E-state index in [0.717, 1.165) is 18.4 Å². The van der Waals surface area contributed by atoms with Crippen molar-refractivity contribution in [3.05, 3.63) is 64.5 Å². The van der Waals surface area contributed by atoms with E-state index in [1.54, 1.807) is 28.6 Å². The lowest BCUT2D eigenvalue weighted by Crippen LogP contribution is -2.19. The minimum Gasteiger partial charge on any atom is -0.239 e. The standard InChI is InChI=1S/C17H11F5N2S/c18-12-13(19)15(21)17(16(22)14(12)20)25-24(11-5-6-11)8-10-3-1-9(7-23)2-4-10/h1-4,11H,5-6,8H2. The number of rotatable bonds is 5. The average Bonchev–Trinajstić information content (AvgIpc) is 3.46. The van der Waals surface area contributed by atoms with Crippen molar-refractivity contribution in [2.75, 3.05) is 0 Å². The van der Waals surface area contributed by atoms with Crippen molar-refractivity contribution >= 4 is 11.9 Å². The quantitative estimate of drug-likeness (QED) is 0.323. The summed E-state index contributed by atoms with van der Waals surface area (Å²) in [6.45, 7) is 0.251. The van der Waals surface area contributed by atoms with Crippen molar-refractivity contribution in [3.63, 3.8) is 0 Å². The molecule has 0 aromatic heterocycles. The van der Waals surface area contributed by atoms with Crippen molar-refractivity contribution in [2.24, 2.45) is 0 Å². The summed E-state index contributed by atoms with van der Waals surface area (Å²) in [5.41, 5.74) is 1.23. The SMILES string of the molecule is N#Cc1ccc(CN(Sc2c(F)c(F)c(F)c(F)c2F)C2CC2)cc1. The monoisotopic (exact) mass is 370 g/mol. The van der Waals surface area contributed by atoms with E-state index in [4.69, 9.17) is 5.26 Å². The van der Waals surface area contributed by atoms with Crippen LogP contribution in [-0.4, -0.2) is 10.3 Å². The summed E-state index contributed by atoms with van der Waals surface area (Å²) >= 11 is 0.526. The number of hydrogen-bond donors (Lipinski definition) is 0. The molecule has 2 aromatic carbocycles. The van der Waals surface area contributed by atoms with Crippen molar-refractivity contribution in [1.29, 1.82) is 5.26 Å². The number of hydrogen-bond acceptors (Lipinski definition) is 3. The van der Waals surface area contributed by atoms with Gasteiger partial charge >= 0.3 is 0 Å². The zero-order valence-electron chi connectivity index (χ0n) is 12.7. The molecule has 1 saturated carbocycles. The Morgan fingerprint density at radius 3 is 1.92 bits per heavy atom. The Hall–Kier alpha value is -2.11. The molecule has 0 heterocycles. The Morgan fingerprint density at radius 2 is 1.44 bits per heavy atom. The maximum absolute atomic E-state index is 13.9. The third-order valence-electron chi connectivity index (χ3n) is 3.75. The highest BCUT2D eigenvalue weighted by Gasteiger charge is 2.34. The number of nitriles is 1. The molecule has 0 bridgehead atoms. The fourth-order valence-corrected chi connectivity index (χ4v) is 3.39. The van der Waals surface area contributed by atoms with Gasteiger partial charge in [0.25, 0.3) is 0 Å². The van der Waals surface area contributed by atoms with Crippen LogP contribution in [0.1, 0.15) is 24.0 Å². The molecule has 0 spiro atoms. The molecule has 0 unspecified atom stereocenters. The topological polar surface area (TPSA) is 27.0 Å². The first-order valence-electron chi connectivity index (χ1n) is 7.37. The molecule has 0 N–H and O–H groups in total. The van der Waals surface area contributed by atoms with Gasteiger partial charge in [-0.05, 0) is 42.5 Å². The van der Waals surface area contributed by atoms with Crippen LogP contribution in [0.2, 0.25) is 0 Å². The Kier molecular flexibility index (Phi) is 4.97. The lowest BCUT2D eigenvalue weighted by molar-refractivity contribution is 0.358. The molecule has 2 aromatic rings. The second-order valence-electron chi connectivity index (χ2n) is 5.61. The fourth-order valence-electron chi connectivity index (χ4n) is 2.25. The Balaban J connectivity index is 1.87. The van der Waals surface area contributed by atoms with E-state index in [1.807, 2.05) is 6.07 Å². The summed E-state index contributed by atoms with van der Waals surface area (Å²) in [5.74, 6) is -9.71. The Bertz CT molecular complexity index is 815. The lowest BCUT2D eigenvalue weighted by Gasteiger charge is -2.21. The third kappa shape index (κ3) is 3.62. The Labute approximate surface area is 145 Å². The van der Waals surface area contributed by atoms with Crippen molar-refractivity contribution in [1.82, 2.24) is 4.31 Å². The zero-order valence-corrected chi connectivity index (χ0v) is 13.5. The van der Waals surface area contributed by atoms with Gasteiger partial charge in [0.2, 0.25) is 5.82 Å². The van der Waals surface area contributed by atoms with Gasteiger partial charge < -0.3 is 0 Å². The van der Waals surface area contributed by atoms with Gasteiger partial charge in [0, 0.05) is 12.6 Å². The summed E-state index contributed by atoms with van der Waals surface area (Å²) in [5, 5.41) is 8.79. The maximum Gasteiger partial charge on any atom is 0.200 e. The minimum absolute atomic E-state index is 0.00406. The number of benzene rings is 2. The molecule has 1 aliphatic rings. The summed E-state index contributed by atoms with van der Waals surface area (Å²) in [6.07, 6.45) is 1.55.